The number of halogens is 1. The minimum Gasteiger partial charge on any atom is -0.383 e. The van der Waals surface area contributed by atoms with Gasteiger partial charge in [0.15, 0.2) is 5.65 Å². The van der Waals surface area contributed by atoms with Gasteiger partial charge in [-0.15, -0.1) is 0 Å². The van der Waals surface area contributed by atoms with E-state index in [9.17, 15) is 9.59 Å². The molecule has 0 bridgehead atoms. The van der Waals surface area contributed by atoms with Crippen LogP contribution in [0.2, 0.25) is 5.02 Å². The molecular weight excluding hydrogens is 368 g/mol. The van der Waals surface area contributed by atoms with E-state index in [-0.39, 0.29) is 17.4 Å². The third kappa shape index (κ3) is 3.48. The Balaban J connectivity index is 1.66. The van der Waals surface area contributed by atoms with Crippen molar-refractivity contribution in [1.82, 2.24) is 19.5 Å². The van der Waals surface area contributed by atoms with Crippen LogP contribution in [-0.2, 0) is 9.53 Å². The lowest BCUT2D eigenvalue weighted by atomic mass is 10.0. The second kappa shape index (κ2) is 7.17. The standard InChI is InChI=1S/C19H19ClN4O3/c1-27-6-5-23-11-13(8-18(23)25)15-10-19(26)24-17(21-15)9-16(22-24)12-3-2-4-14(20)7-12/h2-4,7,9-10,13,22H,5-6,8,11H2,1H3/t13-/m1/s1. The average molecular weight is 387 g/mol. The molecule has 1 aliphatic heterocycles. The Hall–Kier alpha value is -2.64. The van der Waals surface area contributed by atoms with Crippen LogP contribution in [0.25, 0.3) is 16.9 Å². The minimum atomic E-state index is -0.203. The number of amides is 1. The van der Waals surface area contributed by atoms with Crippen LogP contribution in [0.15, 0.2) is 41.2 Å². The van der Waals surface area contributed by atoms with Crippen molar-refractivity contribution >= 4 is 23.2 Å². The number of hydrogen-bond acceptors (Lipinski definition) is 4. The number of benzene rings is 1. The van der Waals surface area contributed by atoms with Gasteiger partial charge in [0.2, 0.25) is 5.91 Å². The number of carbonyl (C=O) groups excluding carboxylic acids is 1. The summed E-state index contributed by atoms with van der Waals surface area (Å²) in [5.74, 6) is -0.0238. The molecule has 1 aromatic carbocycles. The van der Waals surface area contributed by atoms with Crippen molar-refractivity contribution in [3.05, 3.63) is 57.5 Å². The van der Waals surface area contributed by atoms with Gasteiger partial charge in [-0.2, -0.15) is 0 Å². The Kier molecular flexibility index (Phi) is 4.72. The highest BCUT2D eigenvalue weighted by Gasteiger charge is 2.31. The predicted octanol–water partition coefficient (Wildman–Crippen LogP) is 2.31. The molecule has 0 aliphatic carbocycles. The van der Waals surface area contributed by atoms with Gasteiger partial charge in [-0.3, -0.25) is 14.7 Å². The van der Waals surface area contributed by atoms with E-state index in [0.29, 0.717) is 42.5 Å². The van der Waals surface area contributed by atoms with E-state index in [2.05, 4.69) is 10.1 Å². The van der Waals surface area contributed by atoms with E-state index in [4.69, 9.17) is 16.3 Å². The molecule has 7 nitrogen and oxygen atoms in total. The van der Waals surface area contributed by atoms with Crippen molar-refractivity contribution in [2.75, 3.05) is 26.8 Å². The Morgan fingerprint density at radius 1 is 1.30 bits per heavy atom. The van der Waals surface area contributed by atoms with Crippen LogP contribution >= 0.6 is 11.6 Å². The molecule has 8 heteroatoms. The summed E-state index contributed by atoms with van der Waals surface area (Å²) in [5, 5.41) is 3.68. The molecule has 4 rings (SSSR count). The number of fused-ring (bicyclic) bond motifs is 1. The van der Waals surface area contributed by atoms with Gasteiger partial charge in [-0.1, -0.05) is 23.7 Å². The fourth-order valence-corrected chi connectivity index (χ4v) is 3.60. The molecule has 0 radical (unpaired) electrons. The maximum absolute atomic E-state index is 12.6. The molecule has 0 unspecified atom stereocenters. The first kappa shape index (κ1) is 17.8. The zero-order chi connectivity index (χ0) is 19.0. The number of H-pyrrole nitrogens is 1. The van der Waals surface area contributed by atoms with Gasteiger partial charge in [-0.25, -0.2) is 9.50 Å². The van der Waals surface area contributed by atoms with E-state index >= 15 is 0 Å². The first-order chi connectivity index (χ1) is 13.0. The fourth-order valence-electron chi connectivity index (χ4n) is 3.41. The minimum absolute atomic E-state index is 0.0627. The monoisotopic (exact) mass is 386 g/mol. The number of hydrogen-bond donors (Lipinski definition) is 1. The molecule has 0 spiro atoms. The fraction of sp³-hybridized carbons (Fsp3) is 0.316. The number of aromatic nitrogens is 3. The molecule has 2 aromatic heterocycles. The first-order valence-corrected chi connectivity index (χ1v) is 9.08. The lowest BCUT2D eigenvalue weighted by molar-refractivity contribution is -0.128. The zero-order valence-corrected chi connectivity index (χ0v) is 15.6. The number of methoxy groups -OCH3 is 1. The second-order valence-electron chi connectivity index (χ2n) is 6.63. The molecule has 27 heavy (non-hydrogen) atoms. The van der Waals surface area contributed by atoms with Crippen LogP contribution < -0.4 is 5.56 Å². The van der Waals surface area contributed by atoms with Crippen LogP contribution in [0, 0.1) is 0 Å². The smallest absolute Gasteiger partial charge is 0.272 e. The molecule has 3 aromatic rings. The van der Waals surface area contributed by atoms with E-state index in [1.165, 1.54) is 10.6 Å². The highest BCUT2D eigenvalue weighted by atomic mass is 35.5. The lowest BCUT2D eigenvalue weighted by Gasteiger charge is -2.15. The van der Waals surface area contributed by atoms with Crippen molar-refractivity contribution < 1.29 is 9.53 Å². The van der Waals surface area contributed by atoms with E-state index < -0.39 is 0 Å². The highest BCUT2D eigenvalue weighted by molar-refractivity contribution is 6.30. The summed E-state index contributed by atoms with van der Waals surface area (Å²) in [6.07, 6.45) is 0.359. The van der Waals surface area contributed by atoms with Gasteiger partial charge in [0.25, 0.3) is 5.56 Å². The Bertz CT molecular complexity index is 1060. The number of aromatic amines is 1. The molecule has 3 heterocycles. The van der Waals surface area contributed by atoms with Gasteiger partial charge in [0.05, 0.1) is 18.0 Å². The van der Waals surface area contributed by atoms with Crippen molar-refractivity contribution in [1.29, 1.82) is 0 Å². The normalized spacial score (nSPS) is 17.2. The highest BCUT2D eigenvalue weighted by Crippen LogP contribution is 2.27. The van der Waals surface area contributed by atoms with Gasteiger partial charge in [0, 0.05) is 55.3 Å². The third-order valence-electron chi connectivity index (χ3n) is 4.80. The van der Waals surface area contributed by atoms with Crippen molar-refractivity contribution in [3.63, 3.8) is 0 Å². The Morgan fingerprint density at radius 3 is 2.93 bits per heavy atom. The largest absolute Gasteiger partial charge is 0.383 e. The molecule has 1 atom stereocenters. The number of carbonyl (C=O) groups is 1. The summed E-state index contributed by atoms with van der Waals surface area (Å²) in [6.45, 7) is 1.60. The average Bonchev–Trinajstić information content (AvgIpc) is 3.24. The maximum Gasteiger partial charge on any atom is 0.272 e. The van der Waals surface area contributed by atoms with Crippen LogP contribution in [0.1, 0.15) is 18.0 Å². The molecular formula is C19H19ClN4O3. The van der Waals surface area contributed by atoms with E-state index in [1.54, 1.807) is 18.1 Å². The van der Waals surface area contributed by atoms with Crippen LogP contribution in [0.3, 0.4) is 0 Å². The van der Waals surface area contributed by atoms with Crippen molar-refractivity contribution in [3.8, 4) is 11.3 Å². The van der Waals surface area contributed by atoms with Crippen molar-refractivity contribution in [2.24, 2.45) is 0 Å². The SMILES string of the molecule is COCCN1C[C@H](c2cc(=O)n3[nH]c(-c4cccc(Cl)c4)cc3n2)CC1=O. The number of ether oxygens (including phenoxy) is 1. The number of rotatable bonds is 5. The predicted molar refractivity (Wildman–Crippen MR) is 102 cm³/mol. The molecule has 1 amide bonds. The van der Waals surface area contributed by atoms with Gasteiger partial charge in [0.1, 0.15) is 0 Å². The number of nitrogens with one attached hydrogen (secondary N) is 1. The molecule has 1 N–H and O–H groups in total. The van der Waals surface area contributed by atoms with Gasteiger partial charge < -0.3 is 9.64 Å². The third-order valence-corrected chi connectivity index (χ3v) is 5.04. The quantitative estimate of drug-likeness (QED) is 0.729. The molecule has 1 aliphatic rings. The van der Waals surface area contributed by atoms with Crippen LogP contribution in [0.5, 0.6) is 0 Å². The summed E-state index contributed by atoms with van der Waals surface area (Å²) < 4.78 is 6.45. The summed E-state index contributed by atoms with van der Waals surface area (Å²) >= 11 is 6.06. The topological polar surface area (TPSA) is 79.7 Å². The Labute approximate surface area is 160 Å². The van der Waals surface area contributed by atoms with Crippen molar-refractivity contribution in [2.45, 2.75) is 12.3 Å². The Morgan fingerprint density at radius 2 is 2.15 bits per heavy atom. The van der Waals surface area contributed by atoms with Gasteiger partial charge in [-0.05, 0) is 12.1 Å². The molecule has 1 fully saturated rings. The molecule has 140 valence electrons. The van der Waals surface area contributed by atoms with E-state index in [0.717, 1.165) is 11.3 Å². The first-order valence-electron chi connectivity index (χ1n) is 8.70. The van der Waals surface area contributed by atoms with E-state index in [1.807, 2.05) is 24.3 Å². The number of likely N-dealkylation sites (tertiary alicyclic amines) is 1. The molecule has 0 saturated carbocycles. The number of nitrogens with zero attached hydrogens (tertiary/aromatic N) is 3. The van der Waals surface area contributed by atoms with Crippen LogP contribution in [0.4, 0.5) is 0 Å². The lowest BCUT2D eigenvalue weighted by Crippen LogP contribution is -2.28. The summed E-state index contributed by atoms with van der Waals surface area (Å²) in [5.41, 5.74) is 2.59. The summed E-state index contributed by atoms with van der Waals surface area (Å²) in [7, 11) is 1.61. The zero-order valence-electron chi connectivity index (χ0n) is 14.8. The van der Waals surface area contributed by atoms with Gasteiger partial charge >= 0.3 is 0 Å². The summed E-state index contributed by atoms with van der Waals surface area (Å²) in [6, 6.07) is 10.7. The second-order valence-corrected chi connectivity index (χ2v) is 7.06. The maximum atomic E-state index is 12.6. The molecule has 1 saturated heterocycles. The van der Waals surface area contributed by atoms with Crippen LogP contribution in [-0.4, -0.2) is 52.2 Å². The summed E-state index contributed by atoms with van der Waals surface area (Å²) in [4.78, 5) is 31.1.